The lowest BCUT2D eigenvalue weighted by molar-refractivity contribution is 0.00220. The Morgan fingerprint density at radius 1 is 0.889 bits per heavy atom. The van der Waals surface area contributed by atoms with Gasteiger partial charge < -0.3 is 29.4 Å². The molecule has 1 unspecified atom stereocenters. The second kappa shape index (κ2) is 14.8. The van der Waals surface area contributed by atoms with Gasteiger partial charge in [-0.2, -0.15) is 0 Å². The number of rotatable bonds is 14. The van der Waals surface area contributed by atoms with Gasteiger partial charge in [0.1, 0.15) is 0 Å². The number of hydrogen-bond acceptors (Lipinski definition) is 6. The number of aliphatic hydroxyl groups excluding tert-OH is 1. The van der Waals surface area contributed by atoms with Gasteiger partial charge in [0, 0.05) is 19.8 Å². The normalized spacial score (nSPS) is 12.8. The molecule has 0 amide bonds. The van der Waals surface area contributed by atoms with E-state index in [4.69, 9.17) is 24.1 Å². The Morgan fingerprint density at radius 3 is 1.83 bits per heavy atom. The Balaban J connectivity index is 3.03. The van der Waals surface area contributed by atoms with Gasteiger partial charge >= 0.3 is 0 Å². The fraction of sp³-hybridized carbons (Fsp3) is 1.00. The van der Waals surface area contributed by atoms with Gasteiger partial charge in [-0.3, -0.25) is 0 Å². The predicted octanol–water partition coefficient (Wildman–Crippen LogP) is -0.347. The van der Waals surface area contributed by atoms with Crippen molar-refractivity contribution >= 4 is 0 Å². The van der Waals surface area contributed by atoms with Crippen molar-refractivity contribution in [1.29, 1.82) is 0 Å². The summed E-state index contributed by atoms with van der Waals surface area (Å²) in [6.07, 6.45) is 0.799. The highest BCUT2D eigenvalue weighted by atomic mass is 16.6. The molecule has 0 saturated carbocycles. The van der Waals surface area contributed by atoms with Gasteiger partial charge in [0.05, 0.1) is 46.2 Å². The second-order valence-corrected chi connectivity index (χ2v) is 3.79. The van der Waals surface area contributed by atoms with Crippen LogP contribution in [-0.2, 0) is 18.9 Å². The summed E-state index contributed by atoms with van der Waals surface area (Å²) in [4.78, 5) is 0. The van der Waals surface area contributed by atoms with Crippen LogP contribution in [0.3, 0.4) is 0 Å². The Hall–Kier alpha value is -0.240. The van der Waals surface area contributed by atoms with Crippen molar-refractivity contribution in [1.82, 2.24) is 5.32 Å². The summed E-state index contributed by atoms with van der Waals surface area (Å²) >= 11 is 0. The van der Waals surface area contributed by atoms with Crippen molar-refractivity contribution in [2.75, 3.05) is 67.0 Å². The number of likely N-dealkylation sites (N-methyl/N-ethyl adjacent to an activating group) is 1. The summed E-state index contributed by atoms with van der Waals surface area (Å²) in [5.41, 5.74) is 0. The van der Waals surface area contributed by atoms with Crippen LogP contribution in [0.25, 0.3) is 0 Å². The minimum atomic E-state index is 0.111. The number of methoxy groups -OCH3 is 1. The van der Waals surface area contributed by atoms with E-state index in [0.717, 1.165) is 6.42 Å². The largest absolute Gasteiger partial charge is 0.395 e. The molecule has 0 aliphatic heterocycles. The third-order valence-electron chi connectivity index (χ3n) is 2.42. The Labute approximate surface area is 110 Å². The number of hydrogen-bond donors (Lipinski definition) is 2. The van der Waals surface area contributed by atoms with Crippen molar-refractivity contribution in [3.8, 4) is 0 Å². The zero-order valence-corrected chi connectivity index (χ0v) is 11.5. The first-order valence-corrected chi connectivity index (χ1v) is 6.35. The zero-order chi connectivity index (χ0) is 13.5. The molecule has 0 saturated heterocycles. The molecule has 6 heteroatoms. The first-order valence-electron chi connectivity index (χ1n) is 6.35. The molecule has 0 rings (SSSR count). The molecule has 0 spiro atoms. The van der Waals surface area contributed by atoms with Crippen molar-refractivity contribution < 1.29 is 24.1 Å². The molecule has 1 atom stereocenters. The highest BCUT2D eigenvalue weighted by molar-refractivity contribution is 4.60. The molecule has 6 nitrogen and oxygen atoms in total. The Bertz CT molecular complexity index is 155. The molecule has 2 N–H and O–H groups in total. The molecule has 18 heavy (non-hydrogen) atoms. The molecule has 0 heterocycles. The van der Waals surface area contributed by atoms with Crippen LogP contribution in [0, 0.1) is 0 Å². The average Bonchev–Trinajstić information content (AvgIpc) is 2.40. The van der Waals surface area contributed by atoms with Crippen LogP contribution >= 0.6 is 0 Å². The zero-order valence-electron chi connectivity index (χ0n) is 11.5. The second-order valence-electron chi connectivity index (χ2n) is 3.79. The fourth-order valence-electron chi connectivity index (χ4n) is 1.24. The van der Waals surface area contributed by atoms with Crippen LogP contribution in [-0.4, -0.2) is 78.2 Å². The summed E-state index contributed by atoms with van der Waals surface area (Å²) in [6.45, 7) is 4.26. The Morgan fingerprint density at radius 2 is 1.39 bits per heavy atom. The number of nitrogens with one attached hydrogen (secondary N) is 1. The smallest absolute Gasteiger partial charge is 0.0701 e. The maximum Gasteiger partial charge on any atom is 0.0701 e. The van der Waals surface area contributed by atoms with E-state index in [2.05, 4.69) is 5.32 Å². The minimum absolute atomic E-state index is 0.111. The van der Waals surface area contributed by atoms with E-state index in [9.17, 15) is 0 Å². The van der Waals surface area contributed by atoms with Crippen LogP contribution in [0.5, 0.6) is 0 Å². The molecule has 110 valence electrons. The van der Waals surface area contributed by atoms with Crippen LogP contribution in [0.15, 0.2) is 0 Å². The lowest BCUT2D eigenvalue weighted by Crippen LogP contribution is -2.30. The highest BCUT2D eigenvalue weighted by Crippen LogP contribution is 1.91. The van der Waals surface area contributed by atoms with Crippen LogP contribution < -0.4 is 5.32 Å². The first-order chi connectivity index (χ1) is 8.85. The summed E-state index contributed by atoms with van der Waals surface area (Å²) in [5, 5.41) is 11.9. The maximum absolute atomic E-state index is 8.92. The third-order valence-corrected chi connectivity index (χ3v) is 2.42. The minimum Gasteiger partial charge on any atom is -0.395 e. The first kappa shape index (κ1) is 17.8. The lowest BCUT2D eigenvalue weighted by Gasteiger charge is -2.12. The summed E-state index contributed by atoms with van der Waals surface area (Å²) in [7, 11) is 3.47. The molecule has 0 aliphatic carbocycles. The average molecular weight is 265 g/mol. The van der Waals surface area contributed by atoms with Gasteiger partial charge in [0.2, 0.25) is 0 Å². The van der Waals surface area contributed by atoms with Crippen LogP contribution in [0.4, 0.5) is 0 Å². The van der Waals surface area contributed by atoms with Gasteiger partial charge in [-0.15, -0.1) is 0 Å². The number of ether oxygens (including phenoxy) is 4. The van der Waals surface area contributed by atoms with Gasteiger partial charge in [-0.05, 0) is 13.5 Å². The highest BCUT2D eigenvalue weighted by Gasteiger charge is 2.02. The van der Waals surface area contributed by atoms with Gasteiger partial charge in [-0.1, -0.05) is 0 Å². The van der Waals surface area contributed by atoms with E-state index in [0.29, 0.717) is 46.2 Å². The van der Waals surface area contributed by atoms with Gasteiger partial charge in [-0.25, -0.2) is 0 Å². The van der Waals surface area contributed by atoms with E-state index in [1.807, 2.05) is 7.05 Å². The van der Waals surface area contributed by atoms with E-state index in [1.165, 1.54) is 0 Å². The van der Waals surface area contributed by atoms with Crippen molar-refractivity contribution in [3.63, 3.8) is 0 Å². The maximum atomic E-state index is 8.92. The van der Waals surface area contributed by atoms with Crippen LogP contribution in [0.2, 0.25) is 0 Å². The van der Waals surface area contributed by atoms with Gasteiger partial charge in [0.25, 0.3) is 0 Å². The molecule has 0 aliphatic rings. The quantitative estimate of drug-likeness (QED) is 0.419. The van der Waals surface area contributed by atoms with E-state index in [1.54, 1.807) is 7.11 Å². The Kier molecular flexibility index (Phi) is 14.6. The lowest BCUT2D eigenvalue weighted by atomic mass is 10.2. The predicted molar refractivity (Wildman–Crippen MR) is 68.9 cm³/mol. The number of aliphatic hydroxyl groups is 1. The monoisotopic (exact) mass is 265 g/mol. The topological polar surface area (TPSA) is 69.2 Å². The summed E-state index contributed by atoms with van der Waals surface area (Å²) in [6, 6.07) is 0.111. The molecule has 0 aromatic heterocycles. The van der Waals surface area contributed by atoms with Crippen molar-refractivity contribution in [3.05, 3.63) is 0 Å². The molecule has 0 aromatic rings. The summed E-state index contributed by atoms with van der Waals surface area (Å²) in [5.74, 6) is 0. The van der Waals surface area contributed by atoms with Gasteiger partial charge in [0.15, 0.2) is 0 Å². The summed E-state index contributed by atoms with van der Waals surface area (Å²) < 4.78 is 20.8. The molecular formula is C12H27NO5. The standard InChI is InChI=1S/C12H27NO5/c1-13-12(11-14)3-4-16-7-8-18-10-9-17-6-5-15-2/h12-14H,3-11H2,1-2H3. The SMILES string of the molecule is CNC(CO)CCOCCOCCOCCOC. The van der Waals surface area contributed by atoms with Crippen molar-refractivity contribution in [2.24, 2.45) is 0 Å². The van der Waals surface area contributed by atoms with Crippen molar-refractivity contribution in [2.45, 2.75) is 12.5 Å². The van der Waals surface area contributed by atoms with Crippen LogP contribution in [0.1, 0.15) is 6.42 Å². The molecule has 0 bridgehead atoms. The van der Waals surface area contributed by atoms with E-state index < -0.39 is 0 Å². The fourth-order valence-corrected chi connectivity index (χ4v) is 1.24. The molecule has 0 radical (unpaired) electrons. The molecule has 0 aromatic carbocycles. The third kappa shape index (κ3) is 12.2. The van der Waals surface area contributed by atoms with E-state index >= 15 is 0 Å². The van der Waals surface area contributed by atoms with E-state index in [-0.39, 0.29) is 12.6 Å². The molecule has 0 fully saturated rings. The molecular weight excluding hydrogens is 238 g/mol.